The number of urea groups is 1. The van der Waals surface area contributed by atoms with E-state index in [1.54, 1.807) is 23.1 Å². The van der Waals surface area contributed by atoms with Crippen molar-refractivity contribution in [3.05, 3.63) is 35.9 Å². The zero-order valence-corrected chi connectivity index (χ0v) is 15.0. The van der Waals surface area contributed by atoms with Gasteiger partial charge in [-0.25, -0.2) is 22.9 Å². The minimum Gasteiger partial charge on any atom is -0.322 e. The van der Waals surface area contributed by atoms with Crippen LogP contribution >= 0.6 is 11.6 Å². The van der Waals surface area contributed by atoms with Crippen molar-refractivity contribution < 1.29 is 13.2 Å². The van der Waals surface area contributed by atoms with Gasteiger partial charge in [0.1, 0.15) is 12.7 Å². The maximum Gasteiger partial charge on any atom is 0.321 e. The van der Waals surface area contributed by atoms with Crippen LogP contribution in [0.5, 0.6) is 0 Å². The SMILES string of the molecule is CS(=O)(=O)N1CCN(C(=O)Nc2ccc(-n3cncn3)c(Cl)c2)CC1. The maximum atomic E-state index is 12.3. The van der Waals surface area contributed by atoms with Crippen LogP contribution in [-0.4, -0.2) is 70.9 Å². The van der Waals surface area contributed by atoms with Crippen molar-refractivity contribution in [3.63, 3.8) is 0 Å². The molecule has 25 heavy (non-hydrogen) atoms. The Bertz CT molecular complexity index is 863. The van der Waals surface area contributed by atoms with E-state index in [1.165, 1.54) is 27.9 Å². The van der Waals surface area contributed by atoms with Crippen molar-refractivity contribution in [2.75, 3.05) is 37.8 Å². The summed E-state index contributed by atoms with van der Waals surface area (Å²) < 4.78 is 25.9. The van der Waals surface area contributed by atoms with E-state index in [0.29, 0.717) is 29.5 Å². The van der Waals surface area contributed by atoms with Crippen molar-refractivity contribution in [3.8, 4) is 5.69 Å². The van der Waals surface area contributed by atoms with Crippen molar-refractivity contribution in [2.45, 2.75) is 0 Å². The van der Waals surface area contributed by atoms with Gasteiger partial charge in [0.15, 0.2) is 0 Å². The average molecular weight is 385 g/mol. The molecule has 2 heterocycles. The van der Waals surface area contributed by atoms with Crippen LogP contribution in [-0.2, 0) is 10.0 Å². The third-order valence-electron chi connectivity index (χ3n) is 3.86. The van der Waals surface area contributed by atoms with Crippen LogP contribution in [0.3, 0.4) is 0 Å². The molecular weight excluding hydrogens is 368 g/mol. The Kier molecular flexibility index (Phi) is 4.93. The number of rotatable bonds is 3. The molecule has 134 valence electrons. The molecule has 1 N–H and O–H groups in total. The second-order valence-electron chi connectivity index (χ2n) is 5.59. The van der Waals surface area contributed by atoms with Crippen LogP contribution < -0.4 is 5.32 Å². The van der Waals surface area contributed by atoms with Crippen LogP contribution in [0.4, 0.5) is 10.5 Å². The molecular formula is C14H17ClN6O3S. The van der Waals surface area contributed by atoms with Gasteiger partial charge < -0.3 is 10.2 Å². The summed E-state index contributed by atoms with van der Waals surface area (Å²) in [5.41, 5.74) is 1.20. The second kappa shape index (κ2) is 6.98. The molecule has 1 saturated heterocycles. The first-order chi connectivity index (χ1) is 11.8. The number of benzene rings is 1. The molecule has 1 aromatic heterocycles. The lowest BCUT2D eigenvalue weighted by Crippen LogP contribution is -2.51. The molecule has 0 spiro atoms. The average Bonchev–Trinajstić information content (AvgIpc) is 3.08. The summed E-state index contributed by atoms with van der Waals surface area (Å²) in [6.07, 6.45) is 4.10. The first kappa shape index (κ1) is 17.6. The molecule has 2 aromatic rings. The summed E-state index contributed by atoms with van der Waals surface area (Å²) >= 11 is 6.23. The van der Waals surface area contributed by atoms with E-state index in [1.807, 2.05) is 0 Å². The van der Waals surface area contributed by atoms with Gasteiger partial charge >= 0.3 is 6.03 Å². The number of aromatic nitrogens is 3. The second-order valence-corrected chi connectivity index (χ2v) is 7.98. The third-order valence-corrected chi connectivity index (χ3v) is 5.47. The lowest BCUT2D eigenvalue weighted by atomic mass is 10.3. The Morgan fingerprint density at radius 1 is 1.24 bits per heavy atom. The molecule has 1 aliphatic heterocycles. The number of nitrogens with zero attached hydrogens (tertiary/aromatic N) is 5. The van der Waals surface area contributed by atoms with Gasteiger partial charge in [-0.05, 0) is 18.2 Å². The van der Waals surface area contributed by atoms with Crippen LogP contribution in [0.25, 0.3) is 5.69 Å². The number of carbonyl (C=O) groups excluding carboxylic acids is 1. The molecule has 0 unspecified atom stereocenters. The summed E-state index contributed by atoms with van der Waals surface area (Å²) in [6, 6.07) is 4.78. The van der Waals surface area contributed by atoms with Gasteiger partial charge in [-0.15, -0.1) is 0 Å². The number of hydrogen-bond acceptors (Lipinski definition) is 5. The summed E-state index contributed by atoms with van der Waals surface area (Å²) in [7, 11) is -3.22. The highest BCUT2D eigenvalue weighted by Crippen LogP contribution is 2.24. The normalized spacial score (nSPS) is 16.0. The Morgan fingerprint density at radius 2 is 1.96 bits per heavy atom. The van der Waals surface area contributed by atoms with Crippen molar-refractivity contribution in [2.24, 2.45) is 0 Å². The standard InChI is InChI=1S/C14H17ClN6O3S/c1-25(23,24)20-6-4-19(5-7-20)14(22)18-11-2-3-13(12(15)8-11)21-10-16-9-17-21/h2-3,8-10H,4-7H2,1H3,(H,18,22). The number of halogens is 1. The number of piperazine rings is 1. The van der Waals surface area contributed by atoms with E-state index in [4.69, 9.17) is 11.6 Å². The number of anilines is 1. The molecule has 1 aromatic carbocycles. The van der Waals surface area contributed by atoms with Crippen LogP contribution in [0.2, 0.25) is 5.02 Å². The molecule has 0 bridgehead atoms. The largest absolute Gasteiger partial charge is 0.322 e. The minimum absolute atomic E-state index is 0.290. The fraction of sp³-hybridized carbons (Fsp3) is 0.357. The quantitative estimate of drug-likeness (QED) is 0.851. The lowest BCUT2D eigenvalue weighted by Gasteiger charge is -2.33. The molecule has 1 fully saturated rings. The first-order valence-electron chi connectivity index (χ1n) is 7.50. The molecule has 0 radical (unpaired) electrons. The van der Waals surface area contributed by atoms with E-state index in [2.05, 4.69) is 15.4 Å². The summed E-state index contributed by atoms with van der Waals surface area (Å²) in [5, 5.41) is 7.20. The van der Waals surface area contributed by atoms with Gasteiger partial charge in [0.05, 0.1) is 17.0 Å². The van der Waals surface area contributed by atoms with Gasteiger partial charge in [-0.2, -0.15) is 9.40 Å². The van der Waals surface area contributed by atoms with Gasteiger partial charge in [0.25, 0.3) is 0 Å². The highest BCUT2D eigenvalue weighted by Gasteiger charge is 2.26. The monoisotopic (exact) mass is 384 g/mol. The Hall–Kier alpha value is -2.17. The smallest absolute Gasteiger partial charge is 0.321 e. The zero-order chi connectivity index (χ0) is 18.0. The molecule has 0 saturated carbocycles. The summed E-state index contributed by atoms with van der Waals surface area (Å²) in [4.78, 5) is 17.8. The van der Waals surface area contributed by atoms with E-state index >= 15 is 0 Å². The topological polar surface area (TPSA) is 100 Å². The molecule has 1 aliphatic rings. The predicted molar refractivity (Wildman–Crippen MR) is 93.4 cm³/mol. The highest BCUT2D eigenvalue weighted by atomic mass is 35.5. The Balaban J connectivity index is 1.63. The van der Waals surface area contributed by atoms with E-state index in [9.17, 15) is 13.2 Å². The number of carbonyl (C=O) groups is 1. The fourth-order valence-electron chi connectivity index (χ4n) is 2.53. The van der Waals surface area contributed by atoms with Crippen LogP contribution in [0.15, 0.2) is 30.9 Å². The minimum atomic E-state index is -3.22. The zero-order valence-electron chi connectivity index (χ0n) is 13.5. The van der Waals surface area contributed by atoms with Crippen molar-refractivity contribution in [1.29, 1.82) is 0 Å². The summed E-state index contributed by atoms with van der Waals surface area (Å²) in [5.74, 6) is 0. The first-order valence-corrected chi connectivity index (χ1v) is 9.73. The molecule has 0 aliphatic carbocycles. The van der Waals surface area contributed by atoms with E-state index in [0.717, 1.165) is 0 Å². The third kappa shape index (κ3) is 4.09. The predicted octanol–water partition coefficient (Wildman–Crippen LogP) is 1.03. The Morgan fingerprint density at radius 3 is 2.52 bits per heavy atom. The van der Waals surface area contributed by atoms with Crippen molar-refractivity contribution in [1.82, 2.24) is 24.0 Å². The van der Waals surface area contributed by atoms with Crippen LogP contribution in [0.1, 0.15) is 0 Å². The molecule has 11 heteroatoms. The lowest BCUT2D eigenvalue weighted by molar-refractivity contribution is 0.184. The molecule has 3 rings (SSSR count). The maximum absolute atomic E-state index is 12.3. The van der Waals surface area contributed by atoms with Gasteiger partial charge in [0, 0.05) is 31.9 Å². The van der Waals surface area contributed by atoms with Gasteiger partial charge in [0.2, 0.25) is 10.0 Å². The molecule has 2 amide bonds. The van der Waals surface area contributed by atoms with Gasteiger partial charge in [-0.1, -0.05) is 11.6 Å². The number of amides is 2. The number of hydrogen-bond donors (Lipinski definition) is 1. The van der Waals surface area contributed by atoms with E-state index in [-0.39, 0.29) is 19.1 Å². The Labute approximate surface area is 150 Å². The number of sulfonamides is 1. The molecule has 9 nitrogen and oxygen atoms in total. The number of nitrogens with one attached hydrogen (secondary N) is 1. The highest BCUT2D eigenvalue weighted by molar-refractivity contribution is 7.88. The fourth-order valence-corrected chi connectivity index (χ4v) is 3.62. The molecule has 0 atom stereocenters. The summed E-state index contributed by atoms with van der Waals surface area (Å²) in [6.45, 7) is 1.25. The van der Waals surface area contributed by atoms with Crippen molar-refractivity contribution >= 4 is 33.3 Å². The van der Waals surface area contributed by atoms with E-state index < -0.39 is 10.0 Å². The van der Waals surface area contributed by atoms with Gasteiger partial charge in [-0.3, -0.25) is 0 Å². The van der Waals surface area contributed by atoms with Crippen LogP contribution in [0, 0.1) is 0 Å².